The standard InChI is InChI=1S/C14H27N3S/c1-10(2)6-8-17(9-7-11(3)4)14-12(5)13(15)16-18-14/h10-11H,6-9H2,1-5H3,(H2,15,16). The molecule has 104 valence electrons. The molecule has 1 heterocycles. The molecule has 1 aromatic rings. The topological polar surface area (TPSA) is 42.1 Å². The predicted molar refractivity (Wildman–Crippen MR) is 82.4 cm³/mol. The highest BCUT2D eigenvalue weighted by Gasteiger charge is 2.15. The van der Waals surface area contributed by atoms with Crippen molar-refractivity contribution in [1.82, 2.24) is 4.37 Å². The number of rotatable bonds is 7. The Kier molecular flexibility index (Phi) is 5.93. The Morgan fingerprint density at radius 3 is 1.94 bits per heavy atom. The van der Waals surface area contributed by atoms with Crippen molar-refractivity contribution in [2.24, 2.45) is 11.8 Å². The van der Waals surface area contributed by atoms with Crippen LogP contribution in [0.4, 0.5) is 10.8 Å². The number of hydrogen-bond acceptors (Lipinski definition) is 4. The lowest BCUT2D eigenvalue weighted by atomic mass is 10.1. The molecule has 2 N–H and O–H groups in total. The largest absolute Gasteiger partial charge is 0.383 e. The van der Waals surface area contributed by atoms with Gasteiger partial charge in [0, 0.05) is 18.7 Å². The first kappa shape index (κ1) is 15.3. The summed E-state index contributed by atoms with van der Waals surface area (Å²) in [5.41, 5.74) is 7.01. The van der Waals surface area contributed by atoms with Crippen molar-refractivity contribution < 1.29 is 0 Å². The molecule has 0 bridgehead atoms. The maximum absolute atomic E-state index is 5.86. The number of nitrogen functional groups attached to an aromatic ring is 1. The number of nitrogens with two attached hydrogens (primary N) is 1. The van der Waals surface area contributed by atoms with Crippen LogP contribution in [0, 0.1) is 18.8 Å². The van der Waals surface area contributed by atoms with Crippen LogP contribution in [0.25, 0.3) is 0 Å². The summed E-state index contributed by atoms with van der Waals surface area (Å²) in [5, 5.41) is 1.26. The molecule has 0 amide bonds. The molecule has 0 unspecified atom stereocenters. The Hall–Kier alpha value is -0.770. The predicted octanol–water partition coefficient (Wildman–Crippen LogP) is 3.93. The van der Waals surface area contributed by atoms with Crippen molar-refractivity contribution in [2.75, 3.05) is 23.7 Å². The summed E-state index contributed by atoms with van der Waals surface area (Å²) in [6.07, 6.45) is 2.44. The molecule has 0 saturated heterocycles. The Labute approximate surface area is 116 Å². The van der Waals surface area contributed by atoms with E-state index in [4.69, 9.17) is 5.73 Å². The number of aromatic nitrogens is 1. The van der Waals surface area contributed by atoms with E-state index in [1.807, 2.05) is 0 Å². The summed E-state index contributed by atoms with van der Waals surface area (Å²) < 4.78 is 4.27. The second-order valence-electron chi connectivity index (χ2n) is 5.85. The van der Waals surface area contributed by atoms with Gasteiger partial charge in [-0.2, -0.15) is 4.37 Å². The SMILES string of the molecule is Cc1c(N)nsc1N(CCC(C)C)CCC(C)C. The van der Waals surface area contributed by atoms with E-state index in [9.17, 15) is 0 Å². The van der Waals surface area contributed by atoms with E-state index < -0.39 is 0 Å². The molecule has 0 saturated carbocycles. The van der Waals surface area contributed by atoms with Crippen LogP contribution in [0.15, 0.2) is 0 Å². The molecule has 0 radical (unpaired) electrons. The van der Waals surface area contributed by atoms with E-state index in [-0.39, 0.29) is 0 Å². The van der Waals surface area contributed by atoms with Crippen molar-refractivity contribution in [3.63, 3.8) is 0 Å². The van der Waals surface area contributed by atoms with Crippen LogP contribution in [-0.4, -0.2) is 17.5 Å². The van der Waals surface area contributed by atoms with E-state index in [2.05, 4.69) is 43.9 Å². The minimum atomic E-state index is 0.689. The van der Waals surface area contributed by atoms with Gasteiger partial charge in [-0.25, -0.2) is 0 Å². The quantitative estimate of drug-likeness (QED) is 0.815. The van der Waals surface area contributed by atoms with Gasteiger partial charge >= 0.3 is 0 Å². The van der Waals surface area contributed by atoms with Gasteiger partial charge < -0.3 is 10.6 Å². The zero-order chi connectivity index (χ0) is 13.7. The summed E-state index contributed by atoms with van der Waals surface area (Å²) in [7, 11) is 0. The Bertz CT molecular complexity index is 346. The first-order valence-corrected chi connectivity index (χ1v) is 7.65. The lowest BCUT2D eigenvalue weighted by Crippen LogP contribution is -2.27. The van der Waals surface area contributed by atoms with Gasteiger partial charge in [-0.15, -0.1) is 0 Å². The second kappa shape index (κ2) is 6.98. The van der Waals surface area contributed by atoms with Crippen molar-refractivity contribution in [3.05, 3.63) is 5.56 Å². The second-order valence-corrected chi connectivity index (χ2v) is 6.60. The summed E-state index contributed by atoms with van der Waals surface area (Å²) in [6, 6.07) is 0. The fraction of sp³-hybridized carbons (Fsp3) is 0.786. The molecule has 0 fully saturated rings. The van der Waals surface area contributed by atoms with Gasteiger partial charge in [0.25, 0.3) is 0 Å². The fourth-order valence-corrected chi connectivity index (χ4v) is 2.64. The van der Waals surface area contributed by atoms with Crippen LogP contribution in [-0.2, 0) is 0 Å². The third kappa shape index (κ3) is 4.48. The molecular weight excluding hydrogens is 242 g/mol. The molecule has 0 atom stereocenters. The van der Waals surface area contributed by atoms with E-state index in [0.29, 0.717) is 5.82 Å². The molecule has 18 heavy (non-hydrogen) atoms. The summed E-state index contributed by atoms with van der Waals surface area (Å²) >= 11 is 1.54. The van der Waals surface area contributed by atoms with Crippen molar-refractivity contribution in [2.45, 2.75) is 47.5 Å². The highest BCUT2D eigenvalue weighted by molar-refractivity contribution is 7.10. The molecule has 4 heteroatoms. The van der Waals surface area contributed by atoms with Gasteiger partial charge in [0.2, 0.25) is 0 Å². The van der Waals surface area contributed by atoms with E-state index in [1.54, 1.807) is 0 Å². The van der Waals surface area contributed by atoms with Crippen molar-refractivity contribution in [1.29, 1.82) is 0 Å². The summed E-state index contributed by atoms with van der Waals surface area (Å²) in [4.78, 5) is 2.46. The third-order valence-corrected chi connectivity index (χ3v) is 4.20. The Morgan fingerprint density at radius 2 is 1.61 bits per heavy atom. The fourth-order valence-electron chi connectivity index (χ4n) is 1.78. The van der Waals surface area contributed by atoms with Crippen LogP contribution in [0.1, 0.15) is 46.1 Å². The molecule has 3 nitrogen and oxygen atoms in total. The Morgan fingerprint density at radius 1 is 1.11 bits per heavy atom. The van der Waals surface area contributed by atoms with Crippen LogP contribution < -0.4 is 10.6 Å². The summed E-state index contributed by atoms with van der Waals surface area (Å²) in [5.74, 6) is 2.16. The number of anilines is 2. The van der Waals surface area contributed by atoms with Crippen LogP contribution in [0.3, 0.4) is 0 Å². The molecule has 0 aliphatic heterocycles. The first-order valence-electron chi connectivity index (χ1n) is 6.88. The first-order chi connectivity index (χ1) is 8.41. The van der Waals surface area contributed by atoms with Gasteiger partial charge in [-0.3, -0.25) is 0 Å². The third-order valence-electron chi connectivity index (χ3n) is 3.18. The molecule has 1 aromatic heterocycles. The van der Waals surface area contributed by atoms with E-state index >= 15 is 0 Å². The van der Waals surface area contributed by atoms with Crippen LogP contribution in [0.2, 0.25) is 0 Å². The highest BCUT2D eigenvalue weighted by atomic mass is 32.1. The zero-order valence-electron chi connectivity index (χ0n) is 12.4. The maximum Gasteiger partial charge on any atom is 0.142 e. The van der Waals surface area contributed by atoms with Gasteiger partial charge in [0.15, 0.2) is 0 Å². The van der Waals surface area contributed by atoms with Crippen LogP contribution >= 0.6 is 11.5 Å². The lowest BCUT2D eigenvalue weighted by Gasteiger charge is -2.25. The molecule has 1 rings (SSSR count). The minimum Gasteiger partial charge on any atom is -0.383 e. The minimum absolute atomic E-state index is 0.689. The van der Waals surface area contributed by atoms with Gasteiger partial charge in [-0.1, -0.05) is 27.7 Å². The van der Waals surface area contributed by atoms with Crippen molar-refractivity contribution >= 4 is 22.4 Å². The average Bonchev–Trinajstić information content (AvgIpc) is 2.60. The molecular formula is C14H27N3S. The number of hydrogen-bond donors (Lipinski definition) is 1. The molecule has 0 aliphatic carbocycles. The van der Waals surface area contributed by atoms with Gasteiger partial charge in [0.05, 0.1) is 0 Å². The van der Waals surface area contributed by atoms with Gasteiger partial charge in [-0.05, 0) is 43.1 Å². The normalized spacial score (nSPS) is 11.5. The molecule has 0 aliphatic rings. The van der Waals surface area contributed by atoms with E-state index in [1.165, 1.54) is 29.4 Å². The smallest absolute Gasteiger partial charge is 0.142 e. The highest BCUT2D eigenvalue weighted by Crippen LogP contribution is 2.30. The Balaban J connectivity index is 2.72. The monoisotopic (exact) mass is 269 g/mol. The zero-order valence-corrected chi connectivity index (χ0v) is 13.2. The van der Waals surface area contributed by atoms with E-state index in [0.717, 1.165) is 30.5 Å². The average molecular weight is 269 g/mol. The van der Waals surface area contributed by atoms with Gasteiger partial charge in [0.1, 0.15) is 10.8 Å². The van der Waals surface area contributed by atoms with Crippen molar-refractivity contribution in [3.8, 4) is 0 Å². The van der Waals surface area contributed by atoms with Crippen LogP contribution in [0.5, 0.6) is 0 Å². The lowest BCUT2D eigenvalue weighted by molar-refractivity contribution is 0.536. The maximum atomic E-state index is 5.86. The number of nitrogens with zero attached hydrogens (tertiary/aromatic N) is 2. The molecule has 0 aromatic carbocycles. The summed E-state index contributed by atoms with van der Waals surface area (Å²) in [6.45, 7) is 13.4. The molecule has 0 spiro atoms.